The number of piperazine rings is 1. The van der Waals surface area contributed by atoms with Crippen LogP contribution in [0.15, 0.2) is 24.3 Å². The molecule has 2 aliphatic heterocycles. The minimum Gasteiger partial charge on any atom is -0.366 e. The summed E-state index contributed by atoms with van der Waals surface area (Å²) in [6.07, 6.45) is 1.28. The third-order valence-electron chi connectivity index (χ3n) is 4.12. The largest absolute Gasteiger partial charge is 0.366 e. The third kappa shape index (κ3) is 1.75. The molecule has 2 aliphatic rings. The van der Waals surface area contributed by atoms with Crippen LogP contribution in [0, 0.1) is 0 Å². The number of likely N-dealkylation sites (N-methyl/N-ethyl adjacent to an activating group) is 1. The van der Waals surface area contributed by atoms with E-state index in [-0.39, 0.29) is 5.78 Å². The molecular formula is C14H18N2O. The van der Waals surface area contributed by atoms with Crippen LogP contribution in [0.25, 0.3) is 0 Å². The van der Waals surface area contributed by atoms with E-state index in [0.29, 0.717) is 12.1 Å². The Hall–Kier alpha value is -1.35. The molecular weight excluding hydrogens is 212 g/mol. The number of fused-ring (bicyclic) bond motifs is 2. The molecule has 3 nitrogen and oxygen atoms in total. The number of carbonyl (C=O) groups is 1. The van der Waals surface area contributed by atoms with E-state index in [4.69, 9.17) is 0 Å². The number of benzene rings is 1. The molecule has 2 fully saturated rings. The van der Waals surface area contributed by atoms with Crippen molar-refractivity contribution in [2.45, 2.75) is 25.4 Å². The second kappa shape index (κ2) is 3.84. The number of anilines is 1. The van der Waals surface area contributed by atoms with Gasteiger partial charge in [-0.05, 0) is 44.7 Å². The van der Waals surface area contributed by atoms with Gasteiger partial charge in [-0.15, -0.1) is 0 Å². The van der Waals surface area contributed by atoms with Crippen LogP contribution >= 0.6 is 0 Å². The molecule has 2 unspecified atom stereocenters. The second-order valence-corrected chi connectivity index (χ2v) is 5.24. The first-order valence-corrected chi connectivity index (χ1v) is 6.23. The Morgan fingerprint density at radius 2 is 1.88 bits per heavy atom. The van der Waals surface area contributed by atoms with Crippen molar-refractivity contribution in [1.29, 1.82) is 0 Å². The predicted molar refractivity (Wildman–Crippen MR) is 68.6 cm³/mol. The molecule has 3 rings (SSSR count). The smallest absolute Gasteiger partial charge is 0.159 e. The van der Waals surface area contributed by atoms with Crippen molar-refractivity contribution in [2.24, 2.45) is 0 Å². The summed E-state index contributed by atoms with van der Waals surface area (Å²) in [7, 11) is 2.21. The Kier molecular flexibility index (Phi) is 2.44. The fourth-order valence-electron chi connectivity index (χ4n) is 3.07. The number of hydrogen-bond donors (Lipinski definition) is 0. The fraction of sp³-hybridized carbons (Fsp3) is 0.500. The third-order valence-corrected chi connectivity index (χ3v) is 4.12. The van der Waals surface area contributed by atoms with Crippen molar-refractivity contribution < 1.29 is 4.79 Å². The molecule has 0 aromatic heterocycles. The van der Waals surface area contributed by atoms with E-state index in [9.17, 15) is 4.79 Å². The average Bonchev–Trinajstić information content (AvgIpc) is 2.87. The van der Waals surface area contributed by atoms with Gasteiger partial charge in [0.2, 0.25) is 0 Å². The molecule has 3 heteroatoms. The Morgan fingerprint density at radius 3 is 2.35 bits per heavy atom. The van der Waals surface area contributed by atoms with Crippen molar-refractivity contribution in [3.05, 3.63) is 29.8 Å². The Labute approximate surface area is 102 Å². The topological polar surface area (TPSA) is 23.6 Å². The van der Waals surface area contributed by atoms with Gasteiger partial charge in [-0.2, -0.15) is 0 Å². The minimum absolute atomic E-state index is 0.138. The lowest BCUT2D eigenvalue weighted by molar-refractivity contribution is 0.101. The number of ketones is 1. The zero-order valence-corrected chi connectivity index (χ0v) is 10.4. The van der Waals surface area contributed by atoms with Gasteiger partial charge in [0.1, 0.15) is 0 Å². The standard InChI is InChI=1S/C14H18N2O/c1-10(17)11-3-5-12(6-4-11)16-9-13-7-14(16)8-15(13)2/h3-6,13-14H,7-9H2,1-2H3. The molecule has 0 radical (unpaired) electrons. The molecule has 0 spiro atoms. The molecule has 2 bridgehead atoms. The van der Waals surface area contributed by atoms with E-state index in [1.54, 1.807) is 6.92 Å². The van der Waals surface area contributed by atoms with Crippen LogP contribution in [0.1, 0.15) is 23.7 Å². The Morgan fingerprint density at radius 1 is 1.18 bits per heavy atom. The molecule has 0 saturated carbocycles. The van der Waals surface area contributed by atoms with Gasteiger partial charge in [-0.3, -0.25) is 9.69 Å². The molecule has 0 amide bonds. The lowest BCUT2D eigenvalue weighted by Crippen LogP contribution is -2.44. The number of carbonyl (C=O) groups excluding carboxylic acids is 1. The van der Waals surface area contributed by atoms with Gasteiger partial charge in [0, 0.05) is 36.4 Å². The van der Waals surface area contributed by atoms with Crippen molar-refractivity contribution in [3.63, 3.8) is 0 Å². The van der Waals surface area contributed by atoms with Gasteiger partial charge in [-0.1, -0.05) is 0 Å². The maximum Gasteiger partial charge on any atom is 0.159 e. The lowest BCUT2D eigenvalue weighted by Gasteiger charge is -2.33. The van der Waals surface area contributed by atoms with E-state index in [2.05, 4.69) is 29.0 Å². The van der Waals surface area contributed by atoms with Crippen molar-refractivity contribution in [2.75, 3.05) is 25.0 Å². The minimum atomic E-state index is 0.138. The summed E-state index contributed by atoms with van der Waals surface area (Å²) in [6.45, 7) is 3.90. The summed E-state index contributed by atoms with van der Waals surface area (Å²) in [5.74, 6) is 0.138. The second-order valence-electron chi connectivity index (χ2n) is 5.24. The first-order valence-electron chi connectivity index (χ1n) is 6.23. The van der Waals surface area contributed by atoms with Gasteiger partial charge < -0.3 is 4.90 Å². The van der Waals surface area contributed by atoms with E-state index in [1.165, 1.54) is 18.7 Å². The van der Waals surface area contributed by atoms with Crippen LogP contribution in [0.4, 0.5) is 5.69 Å². The van der Waals surface area contributed by atoms with Crippen LogP contribution in [0.3, 0.4) is 0 Å². The van der Waals surface area contributed by atoms with Crippen molar-refractivity contribution in [1.82, 2.24) is 4.90 Å². The maximum atomic E-state index is 11.2. The lowest BCUT2D eigenvalue weighted by atomic mass is 10.1. The fourth-order valence-corrected chi connectivity index (χ4v) is 3.07. The SMILES string of the molecule is CC(=O)c1ccc(N2CC3CC2CN3C)cc1. The number of nitrogens with zero attached hydrogens (tertiary/aromatic N) is 2. The Balaban J connectivity index is 1.80. The first-order chi connectivity index (χ1) is 8.15. The molecule has 2 atom stereocenters. The summed E-state index contributed by atoms with van der Waals surface area (Å²) < 4.78 is 0. The highest BCUT2D eigenvalue weighted by atomic mass is 16.1. The molecule has 1 aromatic carbocycles. The number of rotatable bonds is 2. The summed E-state index contributed by atoms with van der Waals surface area (Å²) in [5.41, 5.74) is 2.06. The number of likely N-dealkylation sites (tertiary alicyclic amines) is 1. The molecule has 2 heterocycles. The van der Waals surface area contributed by atoms with Gasteiger partial charge >= 0.3 is 0 Å². The quantitative estimate of drug-likeness (QED) is 0.724. The molecule has 1 aromatic rings. The predicted octanol–water partition coefficient (Wildman–Crippen LogP) is 1.78. The monoisotopic (exact) mass is 230 g/mol. The van der Waals surface area contributed by atoms with E-state index in [0.717, 1.165) is 12.1 Å². The van der Waals surface area contributed by atoms with Crippen LogP contribution in [-0.2, 0) is 0 Å². The van der Waals surface area contributed by atoms with Crippen LogP contribution in [0.2, 0.25) is 0 Å². The zero-order chi connectivity index (χ0) is 12.0. The van der Waals surface area contributed by atoms with Crippen LogP contribution < -0.4 is 4.90 Å². The summed E-state index contributed by atoms with van der Waals surface area (Å²) in [5, 5.41) is 0. The van der Waals surface area contributed by atoms with Crippen LogP contribution in [0.5, 0.6) is 0 Å². The molecule has 90 valence electrons. The number of Topliss-reactive ketones (excluding diaryl/α,β-unsaturated/α-hetero) is 1. The van der Waals surface area contributed by atoms with E-state index in [1.807, 2.05) is 12.1 Å². The summed E-state index contributed by atoms with van der Waals surface area (Å²) >= 11 is 0. The van der Waals surface area contributed by atoms with E-state index >= 15 is 0 Å². The van der Waals surface area contributed by atoms with Gasteiger partial charge in [0.15, 0.2) is 5.78 Å². The summed E-state index contributed by atoms with van der Waals surface area (Å²) in [4.78, 5) is 16.2. The average molecular weight is 230 g/mol. The number of hydrogen-bond acceptors (Lipinski definition) is 3. The maximum absolute atomic E-state index is 11.2. The zero-order valence-electron chi connectivity index (χ0n) is 10.4. The van der Waals surface area contributed by atoms with Gasteiger partial charge in [0.05, 0.1) is 0 Å². The Bertz CT molecular complexity index is 438. The molecule has 17 heavy (non-hydrogen) atoms. The molecule has 0 aliphatic carbocycles. The normalized spacial score (nSPS) is 27.8. The van der Waals surface area contributed by atoms with Gasteiger partial charge in [0.25, 0.3) is 0 Å². The van der Waals surface area contributed by atoms with Gasteiger partial charge in [-0.25, -0.2) is 0 Å². The highest BCUT2D eigenvalue weighted by molar-refractivity contribution is 5.94. The molecule has 0 N–H and O–H groups in total. The highest BCUT2D eigenvalue weighted by Gasteiger charge is 2.41. The van der Waals surface area contributed by atoms with Crippen LogP contribution in [-0.4, -0.2) is 42.9 Å². The van der Waals surface area contributed by atoms with E-state index < -0.39 is 0 Å². The van der Waals surface area contributed by atoms with Crippen molar-refractivity contribution in [3.8, 4) is 0 Å². The first kappa shape index (κ1) is 10.8. The molecule has 2 saturated heterocycles. The highest BCUT2D eigenvalue weighted by Crippen LogP contribution is 2.33. The van der Waals surface area contributed by atoms with Crippen molar-refractivity contribution >= 4 is 11.5 Å². The summed E-state index contributed by atoms with van der Waals surface area (Å²) in [6, 6.07) is 9.41.